The van der Waals surface area contributed by atoms with Gasteiger partial charge in [0.2, 0.25) is 0 Å². The second kappa shape index (κ2) is 12.0. The Morgan fingerprint density at radius 1 is 1.00 bits per heavy atom. The third-order valence-corrected chi connectivity index (χ3v) is 7.67. The number of benzene rings is 3. The second-order valence-corrected chi connectivity index (χ2v) is 10.3. The molecule has 0 spiro atoms. The molecule has 2 atom stereocenters. The summed E-state index contributed by atoms with van der Waals surface area (Å²) >= 11 is 1.39. The van der Waals surface area contributed by atoms with Crippen molar-refractivity contribution in [2.75, 3.05) is 6.61 Å². The average Bonchev–Trinajstić information content (AvgIpc) is 2.98. The quantitative estimate of drug-likeness (QED) is 0.169. The van der Waals surface area contributed by atoms with Crippen molar-refractivity contribution in [3.05, 3.63) is 111 Å². The lowest BCUT2D eigenvalue weighted by Crippen LogP contribution is -2.71. The number of nitrogens with zero attached hydrogens (tertiary/aromatic N) is 2. The summed E-state index contributed by atoms with van der Waals surface area (Å²) in [5.74, 6) is -0.962. The van der Waals surface area contributed by atoms with Crippen LogP contribution in [0.3, 0.4) is 0 Å². The Kier molecular flexibility index (Phi) is 8.11. The fraction of sp³-hybridized carbons (Fsp3) is 0.207. The van der Waals surface area contributed by atoms with Crippen molar-refractivity contribution in [2.24, 2.45) is 0 Å². The Morgan fingerprint density at radius 3 is 2.35 bits per heavy atom. The molecule has 1 fully saturated rings. The van der Waals surface area contributed by atoms with Gasteiger partial charge in [0.25, 0.3) is 17.5 Å². The van der Waals surface area contributed by atoms with Crippen LogP contribution in [0.4, 0.5) is 5.69 Å². The topological polar surface area (TPSA) is 128 Å². The van der Waals surface area contributed by atoms with Crippen molar-refractivity contribution in [1.29, 1.82) is 0 Å². The molecule has 10 nitrogen and oxygen atoms in total. The fourth-order valence-corrected chi connectivity index (χ4v) is 5.64. The first-order chi connectivity index (χ1) is 19.4. The number of amides is 2. The van der Waals surface area contributed by atoms with E-state index < -0.39 is 34.8 Å². The molecule has 0 saturated carbocycles. The van der Waals surface area contributed by atoms with E-state index >= 15 is 0 Å². The second-order valence-electron chi connectivity index (χ2n) is 9.15. The Labute approximate surface area is 234 Å². The zero-order valence-electron chi connectivity index (χ0n) is 21.2. The van der Waals surface area contributed by atoms with Crippen LogP contribution >= 0.6 is 11.8 Å². The minimum absolute atomic E-state index is 0.0668. The molecule has 2 aliphatic heterocycles. The number of hydrogen-bond donors (Lipinski definition) is 1. The molecule has 0 aromatic heterocycles. The number of nitro groups is 1. The van der Waals surface area contributed by atoms with Crippen molar-refractivity contribution in [2.45, 2.75) is 36.4 Å². The first-order valence-corrected chi connectivity index (χ1v) is 13.4. The molecule has 204 valence electrons. The highest BCUT2D eigenvalue weighted by Crippen LogP contribution is 2.43. The summed E-state index contributed by atoms with van der Waals surface area (Å²) in [4.78, 5) is 52.6. The van der Waals surface area contributed by atoms with Crippen LogP contribution in [0.15, 0.2) is 100 Å². The largest absolute Gasteiger partial charge is 0.484 e. The summed E-state index contributed by atoms with van der Waals surface area (Å²) < 4.78 is 11.0. The Morgan fingerprint density at radius 2 is 1.68 bits per heavy atom. The first kappa shape index (κ1) is 26.9. The van der Waals surface area contributed by atoms with Crippen LogP contribution in [0.2, 0.25) is 0 Å². The van der Waals surface area contributed by atoms with Crippen molar-refractivity contribution < 1.29 is 28.8 Å². The summed E-state index contributed by atoms with van der Waals surface area (Å²) in [6.07, 6.45) is 1.08. The molecular weight excluding hydrogens is 534 g/mol. The molecule has 1 saturated heterocycles. The van der Waals surface area contributed by atoms with Crippen molar-refractivity contribution in [1.82, 2.24) is 10.2 Å². The summed E-state index contributed by atoms with van der Waals surface area (Å²) in [7, 11) is 0. The van der Waals surface area contributed by atoms with Crippen LogP contribution < -0.4 is 10.1 Å². The lowest BCUT2D eigenvalue weighted by molar-refractivity contribution is -0.384. The molecule has 11 heteroatoms. The van der Waals surface area contributed by atoms with E-state index in [-0.39, 0.29) is 24.6 Å². The van der Waals surface area contributed by atoms with Crippen LogP contribution in [-0.4, -0.2) is 46.3 Å². The number of fused-ring (bicyclic) bond motifs is 1. The SMILES string of the molecule is O=C(COc1ccccc1)NC1C(=O)N2C(C(=O)OCc3ccc([N+](=O)[O-])cc3)=C(Sc3ccccc3)CCC12. The molecular formula is C29H25N3O7S. The number of rotatable bonds is 10. The van der Waals surface area contributed by atoms with Crippen LogP contribution in [0, 0.1) is 10.1 Å². The number of β-lactam (4-membered cyclic amide) rings is 1. The Hall–Kier alpha value is -4.64. The number of carbonyl (C=O) groups excluding carboxylic acids is 3. The molecule has 2 heterocycles. The number of para-hydroxylation sites is 1. The van der Waals surface area contributed by atoms with E-state index in [9.17, 15) is 24.5 Å². The van der Waals surface area contributed by atoms with Gasteiger partial charge in [-0.15, -0.1) is 0 Å². The summed E-state index contributed by atoms with van der Waals surface area (Å²) in [6.45, 7) is -0.358. The molecule has 2 unspecified atom stereocenters. The minimum Gasteiger partial charge on any atom is -0.484 e. The lowest BCUT2D eigenvalue weighted by atomic mass is 9.86. The number of allylic oxidation sites excluding steroid dienone is 1. The standard InChI is InChI=1S/C29H25N3O7S/c33-25(18-38-21-7-3-1-4-8-21)30-26-23-15-16-24(40-22-9-5-2-6-10-22)27(31(23)28(26)34)29(35)39-17-19-11-13-20(14-12-19)32(36)37/h1-14,23,26H,15-18H2,(H,30,33). The first-order valence-electron chi connectivity index (χ1n) is 12.6. The molecule has 40 heavy (non-hydrogen) atoms. The maximum atomic E-state index is 13.4. The zero-order chi connectivity index (χ0) is 28.1. The summed E-state index contributed by atoms with van der Waals surface area (Å²) in [5, 5.41) is 13.7. The number of non-ortho nitro benzene ring substituents is 1. The normalized spacial score (nSPS) is 17.9. The predicted molar refractivity (Wildman–Crippen MR) is 146 cm³/mol. The van der Waals surface area contributed by atoms with Crippen LogP contribution in [0.25, 0.3) is 0 Å². The third-order valence-electron chi connectivity index (χ3n) is 6.52. The van der Waals surface area contributed by atoms with E-state index in [1.54, 1.807) is 24.3 Å². The van der Waals surface area contributed by atoms with E-state index in [4.69, 9.17) is 9.47 Å². The van der Waals surface area contributed by atoms with Crippen LogP contribution in [0.5, 0.6) is 5.75 Å². The lowest BCUT2D eigenvalue weighted by Gasteiger charge is -2.50. The number of nitrogens with one attached hydrogen (secondary N) is 1. The average molecular weight is 560 g/mol. The minimum atomic E-state index is -0.771. The van der Waals surface area contributed by atoms with Gasteiger partial charge in [0.1, 0.15) is 24.1 Å². The van der Waals surface area contributed by atoms with Gasteiger partial charge in [0.15, 0.2) is 6.61 Å². The number of ether oxygens (including phenoxy) is 2. The molecule has 5 rings (SSSR count). The number of carbonyl (C=O) groups is 3. The van der Waals surface area contributed by atoms with E-state index in [1.807, 2.05) is 36.4 Å². The number of hydrogen-bond acceptors (Lipinski definition) is 8. The van der Waals surface area contributed by atoms with Gasteiger partial charge in [-0.3, -0.25) is 24.6 Å². The van der Waals surface area contributed by atoms with Crippen molar-refractivity contribution in [3.63, 3.8) is 0 Å². The van der Waals surface area contributed by atoms with Gasteiger partial charge < -0.3 is 14.8 Å². The highest BCUT2D eigenvalue weighted by Gasteiger charge is 2.53. The van der Waals surface area contributed by atoms with E-state index in [1.165, 1.54) is 40.9 Å². The molecule has 3 aromatic carbocycles. The highest BCUT2D eigenvalue weighted by molar-refractivity contribution is 8.03. The summed E-state index contributed by atoms with van der Waals surface area (Å²) in [6, 6.07) is 22.9. The zero-order valence-corrected chi connectivity index (χ0v) is 22.0. The molecule has 1 N–H and O–H groups in total. The Balaban J connectivity index is 1.29. The van der Waals surface area contributed by atoms with Gasteiger partial charge in [0.05, 0.1) is 11.0 Å². The molecule has 2 aliphatic rings. The van der Waals surface area contributed by atoms with Crippen molar-refractivity contribution in [3.8, 4) is 5.75 Å². The van der Waals surface area contributed by atoms with E-state index in [0.29, 0.717) is 29.1 Å². The van der Waals surface area contributed by atoms with Gasteiger partial charge in [-0.1, -0.05) is 48.2 Å². The van der Waals surface area contributed by atoms with Gasteiger partial charge in [-0.25, -0.2) is 4.79 Å². The van der Waals surface area contributed by atoms with Gasteiger partial charge in [0, 0.05) is 21.9 Å². The van der Waals surface area contributed by atoms with E-state index in [0.717, 1.165) is 4.90 Å². The Bertz CT molecular complexity index is 1450. The smallest absolute Gasteiger partial charge is 0.356 e. The number of nitro benzene ring substituents is 1. The summed E-state index contributed by atoms with van der Waals surface area (Å²) in [5.41, 5.74) is 0.661. The number of esters is 1. The monoisotopic (exact) mass is 559 g/mol. The number of thioether (sulfide) groups is 1. The molecule has 0 radical (unpaired) electrons. The van der Waals surface area contributed by atoms with Crippen LogP contribution in [0.1, 0.15) is 18.4 Å². The maximum Gasteiger partial charge on any atom is 0.356 e. The molecule has 3 aromatic rings. The van der Waals surface area contributed by atoms with Gasteiger partial charge >= 0.3 is 5.97 Å². The fourth-order valence-electron chi connectivity index (χ4n) is 4.56. The van der Waals surface area contributed by atoms with Crippen LogP contribution in [-0.2, 0) is 25.7 Å². The highest BCUT2D eigenvalue weighted by atomic mass is 32.2. The maximum absolute atomic E-state index is 13.4. The molecule has 2 amide bonds. The van der Waals surface area contributed by atoms with Crippen molar-refractivity contribution >= 4 is 35.2 Å². The van der Waals surface area contributed by atoms with Gasteiger partial charge in [-0.05, 0) is 54.8 Å². The molecule has 0 bridgehead atoms. The molecule has 0 aliphatic carbocycles. The third kappa shape index (κ3) is 5.99. The predicted octanol–water partition coefficient (Wildman–Crippen LogP) is 4.21. The van der Waals surface area contributed by atoms with E-state index in [2.05, 4.69) is 5.32 Å². The van der Waals surface area contributed by atoms with Gasteiger partial charge in [-0.2, -0.15) is 0 Å².